The summed E-state index contributed by atoms with van der Waals surface area (Å²) in [7, 11) is 0. The highest BCUT2D eigenvalue weighted by Crippen LogP contribution is 2.29. The predicted octanol–water partition coefficient (Wildman–Crippen LogP) is 2.71. The van der Waals surface area contributed by atoms with Crippen molar-refractivity contribution in [3.8, 4) is 12.3 Å². The minimum atomic E-state index is 0.167. The zero-order valence-electron chi connectivity index (χ0n) is 7.79. The van der Waals surface area contributed by atoms with E-state index in [-0.39, 0.29) is 6.04 Å². The Morgan fingerprint density at radius 2 is 2.43 bits per heavy atom. The summed E-state index contributed by atoms with van der Waals surface area (Å²) in [6.45, 7) is 0. The molecule has 0 saturated carbocycles. The lowest BCUT2D eigenvalue weighted by molar-refractivity contribution is 0.509. The fourth-order valence-corrected chi connectivity index (χ4v) is 2.39. The van der Waals surface area contributed by atoms with Gasteiger partial charge in [0.15, 0.2) is 0 Å². The van der Waals surface area contributed by atoms with Crippen molar-refractivity contribution in [2.45, 2.75) is 25.3 Å². The van der Waals surface area contributed by atoms with Crippen molar-refractivity contribution < 1.29 is 0 Å². The molecule has 0 saturated heterocycles. The Hall–Kier alpha value is -0.530. The molecule has 0 spiro atoms. The SMILES string of the molecule is C#CCCCC(NN)c1ccc(Cl)s1. The Labute approximate surface area is 93.4 Å². The minimum absolute atomic E-state index is 0.167. The third kappa shape index (κ3) is 3.32. The fourth-order valence-electron chi connectivity index (χ4n) is 1.23. The number of halogens is 1. The molecule has 14 heavy (non-hydrogen) atoms. The largest absolute Gasteiger partial charge is 0.271 e. The number of nitrogens with one attached hydrogen (secondary N) is 1. The number of hydrazine groups is 1. The van der Waals surface area contributed by atoms with E-state index in [1.165, 1.54) is 0 Å². The summed E-state index contributed by atoms with van der Waals surface area (Å²) in [6, 6.07) is 4.04. The second-order valence-corrected chi connectivity index (χ2v) is 4.70. The summed E-state index contributed by atoms with van der Waals surface area (Å²) in [6.07, 6.45) is 7.88. The first-order valence-electron chi connectivity index (χ1n) is 4.42. The van der Waals surface area contributed by atoms with Crippen LogP contribution in [0.1, 0.15) is 30.2 Å². The quantitative estimate of drug-likeness (QED) is 0.352. The Balaban J connectivity index is 2.50. The number of hydrogen-bond acceptors (Lipinski definition) is 3. The van der Waals surface area contributed by atoms with Crippen LogP contribution in [0, 0.1) is 12.3 Å². The summed E-state index contributed by atoms with van der Waals surface area (Å²) >= 11 is 7.39. The van der Waals surface area contributed by atoms with E-state index in [2.05, 4.69) is 11.3 Å². The molecule has 0 fully saturated rings. The van der Waals surface area contributed by atoms with Crippen LogP contribution in [-0.2, 0) is 0 Å². The summed E-state index contributed by atoms with van der Waals surface area (Å²) in [4.78, 5) is 1.16. The van der Waals surface area contributed by atoms with Crippen LogP contribution in [0.15, 0.2) is 12.1 Å². The average molecular weight is 229 g/mol. The van der Waals surface area contributed by atoms with E-state index in [0.717, 1.165) is 28.5 Å². The maximum Gasteiger partial charge on any atom is 0.0931 e. The van der Waals surface area contributed by atoms with E-state index in [9.17, 15) is 0 Å². The van der Waals surface area contributed by atoms with E-state index in [0.29, 0.717) is 0 Å². The highest BCUT2D eigenvalue weighted by molar-refractivity contribution is 7.16. The first-order valence-corrected chi connectivity index (χ1v) is 5.62. The molecule has 76 valence electrons. The lowest BCUT2D eigenvalue weighted by Crippen LogP contribution is -2.27. The van der Waals surface area contributed by atoms with Crippen LogP contribution < -0.4 is 11.3 Å². The third-order valence-corrected chi connectivity index (χ3v) is 3.30. The van der Waals surface area contributed by atoms with Crippen molar-refractivity contribution in [2.24, 2.45) is 5.84 Å². The molecule has 4 heteroatoms. The minimum Gasteiger partial charge on any atom is -0.271 e. The van der Waals surface area contributed by atoms with Gasteiger partial charge in [0.05, 0.1) is 10.4 Å². The van der Waals surface area contributed by atoms with E-state index >= 15 is 0 Å². The highest BCUT2D eigenvalue weighted by Gasteiger charge is 2.10. The predicted molar refractivity (Wildman–Crippen MR) is 62.1 cm³/mol. The monoisotopic (exact) mass is 228 g/mol. The van der Waals surface area contributed by atoms with Gasteiger partial charge >= 0.3 is 0 Å². The maximum atomic E-state index is 5.84. The zero-order chi connectivity index (χ0) is 10.4. The summed E-state index contributed by atoms with van der Waals surface area (Å²) in [5.41, 5.74) is 2.77. The van der Waals surface area contributed by atoms with Crippen LogP contribution in [0.5, 0.6) is 0 Å². The molecule has 0 amide bonds. The summed E-state index contributed by atoms with van der Waals surface area (Å²) in [5.74, 6) is 8.07. The second kappa shape index (κ2) is 6.05. The van der Waals surface area contributed by atoms with Gasteiger partial charge in [-0.05, 0) is 25.0 Å². The molecule has 0 bridgehead atoms. The Morgan fingerprint density at radius 1 is 1.64 bits per heavy atom. The van der Waals surface area contributed by atoms with Gasteiger partial charge < -0.3 is 0 Å². The van der Waals surface area contributed by atoms with Crippen molar-refractivity contribution in [2.75, 3.05) is 0 Å². The summed E-state index contributed by atoms with van der Waals surface area (Å²) < 4.78 is 0.789. The molecule has 0 radical (unpaired) electrons. The molecule has 1 aromatic rings. The third-order valence-electron chi connectivity index (χ3n) is 1.95. The number of rotatable bonds is 5. The van der Waals surface area contributed by atoms with E-state index in [1.54, 1.807) is 11.3 Å². The van der Waals surface area contributed by atoms with Crippen LogP contribution in [0.4, 0.5) is 0 Å². The van der Waals surface area contributed by atoms with Crippen LogP contribution in [-0.4, -0.2) is 0 Å². The van der Waals surface area contributed by atoms with Crippen LogP contribution >= 0.6 is 22.9 Å². The maximum absolute atomic E-state index is 5.84. The Morgan fingerprint density at radius 3 is 2.93 bits per heavy atom. The van der Waals surface area contributed by atoms with E-state index in [1.807, 2.05) is 12.1 Å². The Kier molecular flexibility index (Phi) is 4.99. The molecule has 0 aliphatic carbocycles. The van der Waals surface area contributed by atoms with Gasteiger partial charge in [0.25, 0.3) is 0 Å². The second-order valence-electron chi connectivity index (χ2n) is 2.96. The van der Waals surface area contributed by atoms with Gasteiger partial charge in [0.2, 0.25) is 0 Å². The van der Waals surface area contributed by atoms with Crippen molar-refractivity contribution in [1.29, 1.82) is 0 Å². The molecule has 0 aliphatic heterocycles. The lowest BCUT2D eigenvalue weighted by Gasteiger charge is -2.12. The molecule has 3 N–H and O–H groups in total. The van der Waals surface area contributed by atoms with E-state index < -0.39 is 0 Å². The standard InChI is InChI=1S/C10H13ClN2S/c1-2-3-4-5-8(13-12)9-6-7-10(11)14-9/h1,6-8,13H,3-5,12H2. The Bertz CT molecular complexity index is 316. The van der Waals surface area contributed by atoms with Crippen LogP contribution in [0.3, 0.4) is 0 Å². The molecule has 2 nitrogen and oxygen atoms in total. The number of nitrogens with two attached hydrogens (primary N) is 1. The van der Waals surface area contributed by atoms with Gasteiger partial charge in [-0.3, -0.25) is 11.3 Å². The molecule has 1 atom stereocenters. The first-order chi connectivity index (χ1) is 6.77. The highest BCUT2D eigenvalue weighted by atomic mass is 35.5. The molecular formula is C10H13ClN2S. The molecule has 1 heterocycles. The molecular weight excluding hydrogens is 216 g/mol. The summed E-state index contributed by atoms with van der Waals surface area (Å²) in [5, 5.41) is 0. The molecule has 1 rings (SSSR count). The van der Waals surface area contributed by atoms with Crippen molar-refractivity contribution in [3.05, 3.63) is 21.3 Å². The lowest BCUT2D eigenvalue weighted by atomic mass is 10.1. The van der Waals surface area contributed by atoms with E-state index in [4.69, 9.17) is 23.9 Å². The number of unbranched alkanes of at least 4 members (excludes halogenated alkanes) is 1. The zero-order valence-corrected chi connectivity index (χ0v) is 9.37. The van der Waals surface area contributed by atoms with Crippen LogP contribution in [0.2, 0.25) is 4.34 Å². The molecule has 0 aliphatic rings. The van der Waals surface area contributed by atoms with Crippen LogP contribution in [0.25, 0.3) is 0 Å². The average Bonchev–Trinajstić information content (AvgIpc) is 2.60. The smallest absolute Gasteiger partial charge is 0.0931 e. The first kappa shape index (κ1) is 11.5. The van der Waals surface area contributed by atoms with Crippen molar-refractivity contribution in [1.82, 2.24) is 5.43 Å². The fraction of sp³-hybridized carbons (Fsp3) is 0.400. The van der Waals surface area contributed by atoms with Gasteiger partial charge in [-0.25, -0.2) is 0 Å². The molecule has 0 aromatic carbocycles. The molecule has 1 aromatic heterocycles. The van der Waals surface area contributed by atoms with Gasteiger partial charge in [-0.1, -0.05) is 11.6 Å². The van der Waals surface area contributed by atoms with Crippen molar-refractivity contribution >= 4 is 22.9 Å². The van der Waals surface area contributed by atoms with Crippen molar-refractivity contribution in [3.63, 3.8) is 0 Å². The van der Waals surface area contributed by atoms with Gasteiger partial charge in [-0.15, -0.1) is 23.7 Å². The molecule has 1 unspecified atom stereocenters. The topological polar surface area (TPSA) is 38.0 Å². The van der Waals surface area contributed by atoms with Gasteiger partial charge in [0.1, 0.15) is 0 Å². The normalized spacial score (nSPS) is 12.4. The number of thiophene rings is 1. The number of hydrogen-bond donors (Lipinski definition) is 2. The van der Waals surface area contributed by atoms with Gasteiger partial charge in [-0.2, -0.15) is 0 Å². The van der Waals surface area contributed by atoms with Gasteiger partial charge in [0, 0.05) is 11.3 Å². The number of terminal acetylenes is 1.